The Kier molecular flexibility index (Phi) is 13.0. The van der Waals surface area contributed by atoms with Gasteiger partial charge in [-0.05, 0) is 143 Å². The van der Waals surface area contributed by atoms with Crippen molar-refractivity contribution in [3.05, 3.63) is 0 Å². The first-order chi connectivity index (χ1) is 21.9. The summed E-state index contributed by atoms with van der Waals surface area (Å²) in [5.41, 5.74) is -0.182. The van der Waals surface area contributed by atoms with Gasteiger partial charge in [-0.25, -0.2) is 0 Å². The van der Waals surface area contributed by atoms with Crippen LogP contribution in [0.3, 0.4) is 0 Å². The van der Waals surface area contributed by atoms with Crippen LogP contribution in [0.25, 0.3) is 0 Å². The van der Waals surface area contributed by atoms with Crippen LogP contribution in [0, 0.1) is 58.2 Å². The summed E-state index contributed by atoms with van der Waals surface area (Å²) in [5.74, 6) is -3.41. The van der Waals surface area contributed by atoms with E-state index in [1.807, 2.05) is 0 Å². The highest BCUT2D eigenvalue weighted by Crippen LogP contribution is 2.60. The lowest BCUT2D eigenvalue weighted by atomic mass is 9.51. The van der Waals surface area contributed by atoms with E-state index in [4.69, 9.17) is 0 Å². The molecule has 0 amide bonds. The first kappa shape index (κ1) is 37.1. The van der Waals surface area contributed by atoms with Crippen LogP contribution in [-0.2, 0) is 19.2 Å². The average molecular weight is 665 g/mol. The third-order valence-electron chi connectivity index (χ3n) is 14.1. The lowest BCUT2D eigenvalue weighted by molar-refractivity contribution is -0.147. The Morgan fingerprint density at radius 1 is 0.565 bits per heavy atom. The molecule has 0 radical (unpaired) electrons. The lowest BCUT2D eigenvalue weighted by Gasteiger charge is -2.56. The molecule has 0 aromatic heterocycles. The molecule has 10 atom stereocenters. The molecule has 0 heterocycles. The van der Waals surface area contributed by atoms with Crippen LogP contribution < -0.4 is 0 Å². The van der Waals surface area contributed by atoms with Crippen molar-refractivity contribution in [1.82, 2.24) is 0 Å². The maximum absolute atomic E-state index is 12.2. The molecule has 0 saturated heterocycles. The van der Waals surface area contributed by atoms with Gasteiger partial charge < -0.3 is 20.4 Å². The monoisotopic (exact) mass is 664 g/mol. The summed E-state index contributed by atoms with van der Waals surface area (Å²) >= 11 is 0. The SMILES string of the molecule is CCC(CCC(P)C(CC)(C1CCCC(C(=O)O)C1)C1CCCC(C(=O)O)C1)(C1CCCC(C(=O)O)C1)C1CCCC(C(=O)O)C1. The van der Waals surface area contributed by atoms with E-state index in [9.17, 15) is 39.6 Å². The number of carboxylic acids is 4. The zero-order valence-electron chi connectivity index (χ0n) is 28.3. The van der Waals surface area contributed by atoms with Crippen molar-refractivity contribution in [2.45, 2.75) is 148 Å². The van der Waals surface area contributed by atoms with Gasteiger partial charge in [0.15, 0.2) is 0 Å². The molecular formula is C37H61O8P. The Morgan fingerprint density at radius 2 is 0.891 bits per heavy atom. The zero-order chi connectivity index (χ0) is 33.6. The highest BCUT2D eigenvalue weighted by Gasteiger charge is 2.53. The fourth-order valence-electron chi connectivity index (χ4n) is 11.6. The summed E-state index contributed by atoms with van der Waals surface area (Å²) in [6.07, 6.45) is 16.4. The second kappa shape index (κ2) is 16.1. The summed E-state index contributed by atoms with van der Waals surface area (Å²) in [7, 11) is 3.20. The van der Waals surface area contributed by atoms with Gasteiger partial charge in [-0.3, -0.25) is 19.2 Å². The third kappa shape index (κ3) is 7.78. The van der Waals surface area contributed by atoms with E-state index in [-0.39, 0.29) is 63.8 Å². The first-order valence-electron chi connectivity index (χ1n) is 18.6. The van der Waals surface area contributed by atoms with Crippen LogP contribution >= 0.6 is 9.24 Å². The van der Waals surface area contributed by atoms with Gasteiger partial charge in [0.2, 0.25) is 0 Å². The molecule has 4 aliphatic rings. The summed E-state index contributed by atoms with van der Waals surface area (Å²) in [5, 5.41) is 40.1. The van der Waals surface area contributed by atoms with E-state index in [0.29, 0.717) is 51.4 Å². The van der Waals surface area contributed by atoms with Crippen molar-refractivity contribution in [2.75, 3.05) is 0 Å². The molecule has 4 fully saturated rings. The lowest BCUT2D eigenvalue weighted by Crippen LogP contribution is -2.50. The summed E-state index contributed by atoms with van der Waals surface area (Å²) < 4.78 is 0. The Labute approximate surface area is 278 Å². The summed E-state index contributed by atoms with van der Waals surface area (Å²) in [4.78, 5) is 48.9. The van der Waals surface area contributed by atoms with E-state index in [1.54, 1.807) is 0 Å². The van der Waals surface area contributed by atoms with Crippen LogP contribution in [-0.4, -0.2) is 50.0 Å². The number of aliphatic carboxylic acids is 4. The molecule has 0 bridgehead atoms. The summed E-state index contributed by atoms with van der Waals surface area (Å²) in [6.45, 7) is 4.47. The van der Waals surface area contributed by atoms with Gasteiger partial charge in [-0.15, -0.1) is 9.24 Å². The maximum atomic E-state index is 12.2. The quantitative estimate of drug-likeness (QED) is 0.135. The van der Waals surface area contributed by atoms with E-state index < -0.39 is 23.9 Å². The summed E-state index contributed by atoms with van der Waals surface area (Å²) in [6, 6.07) is 0. The van der Waals surface area contributed by atoms with Crippen LogP contribution in [0.5, 0.6) is 0 Å². The molecule has 0 aromatic rings. The molecule has 4 rings (SSSR count). The van der Waals surface area contributed by atoms with E-state index in [1.165, 1.54) is 0 Å². The van der Waals surface area contributed by atoms with Gasteiger partial charge in [0.25, 0.3) is 0 Å². The smallest absolute Gasteiger partial charge is 0.306 e. The Hall–Kier alpha value is -1.69. The van der Waals surface area contributed by atoms with Crippen molar-refractivity contribution in [1.29, 1.82) is 0 Å². The van der Waals surface area contributed by atoms with Crippen LogP contribution in [0.4, 0.5) is 0 Å². The standard InChI is InChI=1S/C37H61O8P/c1-3-36(27-13-5-9-23(19-27)32(38)39,28-14-6-10-24(20-28)33(40)41)18-17-31(46)37(4-2,29-15-7-11-25(21-29)34(42)43)30-16-8-12-26(22-30)35(44)45/h23-31H,3-22,46H2,1-2H3,(H,38,39)(H,40,41)(H,42,43)(H,44,45). The molecule has 46 heavy (non-hydrogen) atoms. The molecule has 8 nitrogen and oxygen atoms in total. The number of carbonyl (C=O) groups is 4. The van der Waals surface area contributed by atoms with Gasteiger partial charge in [-0.2, -0.15) is 0 Å². The Bertz CT molecular complexity index is 1010. The van der Waals surface area contributed by atoms with Crippen molar-refractivity contribution in [3.63, 3.8) is 0 Å². The number of rotatable bonds is 14. The first-order valence-corrected chi connectivity index (χ1v) is 19.2. The van der Waals surface area contributed by atoms with Gasteiger partial charge >= 0.3 is 23.9 Å². The fraction of sp³-hybridized carbons (Fsp3) is 0.892. The molecule has 4 N–H and O–H groups in total. The molecule has 262 valence electrons. The van der Waals surface area contributed by atoms with Crippen molar-refractivity contribution >= 4 is 33.1 Å². The molecule has 0 aliphatic heterocycles. The van der Waals surface area contributed by atoms with Crippen LogP contribution in [0.1, 0.15) is 142 Å². The second-order valence-corrected chi connectivity index (χ2v) is 16.6. The largest absolute Gasteiger partial charge is 0.481 e. The normalized spacial score (nSPS) is 35.6. The van der Waals surface area contributed by atoms with E-state index in [2.05, 4.69) is 23.1 Å². The van der Waals surface area contributed by atoms with Crippen LogP contribution in [0.2, 0.25) is 0 Å². The minimum atomic E-state index is -0.720. The highest BCUT2D eigenvalue weighted by molar-refractivity contribution is 7.17. The molecule has 10 unspecified atom stereocenters. The number of hydrogen-bond donors (Lipinski definition) is 4. The average Bonchev–Trinajstić information content (AvgIpc) is 3.06. The number of carboxylic acid groups (broad SMARTS) is 4. The van der Waals surface area contributed by atoms with Gasteiger partial charge in [0, 0.05) is 0 Å². The minimum Gasteiger partial charge on any atom is -0.481 e. The Balaban J connectivity index is 1.70. The fourth-order valence-corrected chi connectivity index (χ4v) is 12.6. The Morgan fingerprint density at radius 3 is 1.20 bits per heavy atom. The molecule has 0 spiro atoms. The van der Waals surface area contributed by atoms with Gasteiger partial charge in [0.05, 0.1) is 23.7 Å². The second-order valence-electron chi connectivity index (χ2n) is 15.8. The minimum absolute atomic E-state index is 0.150. The molecule has 0 aromatic carbocycles. The molecular weight excluding hydrogens is 603 g/mol. The van der Waals surface area contributed by atoms with Crippen molar-refractivity contribution in [3.8, 4) is 0 Å². The van der Waals surface area contributed by atoms with E-state index >= 15 is 0 Å². The predicted octanol–water partition coefficient (Wildman–Crippen LogP) is 8.37. The van der Waals surface area contributed by atoms with Crippen molar-refractivity contribution < 1.29 is 39.6 Å². The molecule has 4 saturated carbocycles. The van der Waals surface area contributed by atoms with E-state index in [0.717, 1.165) is 77.0 Å². The maximum Gasteiger partial charge on any atom is 0.306 e. The molecule has 4 aliphatic carbocycles. The third-order valence-corrected chi connectivity index (χ3v) is 15.1. The van der Waals surface area contributed by atoms with Crippen LogP contribution in [0.15, 0.2) is 0 Å². The predicted molar refractivity (Wildman–Crippen MR) is 181 cm³/mol. The topological polar surface area (TPSA) is 149 Å². The van der Waals surface area contributed by atoms with Crippen molar-refractivity contribution in [2.24, 2.45) is 58.2 Å². The number of hydrogen-bond acceptors (Lipinski definition) is 4. The zero-order valence-corrected chi connectivity index (χ0v) is 29.5. The highest BCUT2D eigenvalue weighted by atomic mass is 31.0. The molecule has 9 heteroatoms. The van der Waals surface area contributed by atoms with Gasteiger partial charge in [0.1, 0.15) is 0 Å². The van der Waals surface area contributed by atoms with Gasteiger partial charge in [-0.1, -0.05) is 39.5 Å².